The van der Waals surface area contributed by atoms with Crippen molar-refractivity contribution in [2.45, 2.75) is 11.8 Å². The average molecular weight is 281 g/mol. The highest BCUT2D eigenvalue weighted by molar-refractivity contribution is 7.92. The van der Waals surface area contributed by atoms with Crippen LogP contribution in [0.25, 0.3) is 0 Å². The fourth-order valence-electron chi connectivity index (χ4n) is 1.53. The third-order valence-corrected chi connectivity index (χ3v) is 3.86. The van der Waals surface area contributed by atoms with E-state index in [1.54, 1.807) is 6.07 Å². The number of nitrogens with one attached hydrogen (secondary N) is 1. The van der Waals surface area contributed by atoms with Crippen LogP contribution in [0.4, 0.5) is 15.9 Å². The number of benzene rings is 1. The Kier molecular flexibility index (Phi) is 3.39. The molecule has 2 aromatic rings. The Bertz CT molecular complexity index is 679. The minimum Gasteiger partial charge on any atom is -0.398 e. The van der Waals surface area contributed by atoms with Crippen LogP contribution in [0.2, 0.25) is 0 Å². The van der Waals surface area contributed by atoms with Crippen molar-refractivity contribution in [3.8, 4) is 0 Å². The topological polar surface area (TPSA) is 85.1 Å². The first-order valence-corrected chi connectivity index (χ1v) is 6.88. The van der Waals surface area contributed by atoms with Gasteiger partial charge < -0.3 is 5.73 Å². The molecule has 5 nitrogen and oxygen atoms in total. The number of nitrogens with two attached hydrogens (primary N) is 1. The first-order valence-electron chi connectivity index (χ1n) is 5.39. The third kappa shape index (κ3) is 2.82. The summed E-state index contributed by atoms with van der Waals surface area (Å²) in [5.41, 5.74) is 6.24. The van der Waals surface area contributed by atoms with Gasteiger partial charge in [-0.05, 0) is 30.7 Å². The maximum Gasteiger partial charge on any atom is 0.268 e. The van der Waals surface area contributed by atoms with Crippen molar-refractivity contribution >= 4 is 21.5 Å². The zero-order valence-electron chi connectivity index (χ0n) is 10.1. The molecule has 0 saturated carbocycles. The molecular formula is C12H12FN3O2S. The van der Waals surface area contributed by atoms with E-state index < -0.39 is 20.7 Å². The molecule has 0 spiro atoms. The highest BCUT2D eigenvalue weighted by Crippen LogP contribution is 2.23. The summed E-state index contributed by atoms with van der Waals surface area (Å²) in [5.74, 6) is -0.798. The van der Waals surface area contributed by atoms with Gasteiger partial charge in [0.2, 0.25) is 0 Å². The number of pyridine rings is 1. The minimum absolute atomic E-state index is 0.105. The van der Waals surface area contributed by atoms with E-state index in [9.17, 15) is 12.8 Å². The van der Waals surface area contributed by atoms with Crippen LogP contribution in [0.5, 0.6) is 0 Å². The van der Waals surface area contributed by atoms with Crippen molar-refractivity contribution in [1.29, 1.82) is 0 Å². The zero-order valence-corrected chi connectivity index (χ0v) is 10.9. The second-order valence-electron chi connectivity index (χ2n) is 3.98. The smallest absolute Gasteiger partial charge is 0.268 e. The fraction of sp³-hybridized carbons (Fsp3) is 0.0833. The van der Waals surface area contributed by atoms with Crippen molar-refractivity contribution in [2.75, 3.05) is 10.5 Å². The number of anilines is 2. The molecule has 0 radical (unpaired) electrons. The lowest BCUT2D eigenvalue weighted by Gasteiger charge is -2.10. The van der Waals surface area contributed by atoms with E-state index in [1.165, 1.54) is 24.4 Å². The maximum absolute atomic E-state index is 13.6. The van der Waals surface area contributed by atoms with Gasteiger partial charge in [0.15, 0.2) is 0 Å². The SMILES string of the molecule is Cc1ccc(NS(=O)(=O)c2c(N)cccc2F)nc1. The predicted molar refractivity (Wildman–Crippen MR) is 70.6 cm³/mol. The van der Waals surface area contributed by atoms with Crippen LogP contribution in [-0.2, 0) is 10.0 Å². The summed E-state index contributed by atoms with van der Waals surface area (Å²) >= 11 is 0. The molecule has 1 aromatic carbocycles. The van der Waals surface area contributed by atoms with Gasteiger partial charge in [0.25, 0.3) is 10.0 Å². The highest BCUT2D eigenvalue weighted by Gasteiger charge is 2.22. The van der Waals surface area contributed by atoms with Crippen LogP contribution in [0, 0.1) is 12.7 Å². The summed E-state index contributed by atoms with van der Waals surface area (Å²) in [6, 6.07) is 6.88. The van der Waals surface area contributed by atoms with Crippen LogP contribution in [0.3, 0.4) is 0 Å². The molecule has 100 valence electrons. The Morgan fingerprint density at radius 3 is 2.58 bits per heavy atom. The van der Waals surface area contributed by atoms with Gasteiger partial charge in [-0.25, -0.2) is 17.8 Å². The molecule has 0 aliphatic rings. The molecule has 1 heterocycles. The van der Waals surface area contributed by atoms with E-state index in [1.807, 2.05) is 6.92 Å². The largest absolute Gasteiger partial charge is 0.398 e. The summed E-state index contributed by atoms with van der Waals surface area (Å²) in [5, 5.41) is 0. The van der Waals surface area contributed by atoms with E-state index in [-0.39, 0.29) is 11.5 Å². The van der Waals surface area contributed by atoms with Crippen LogP contribution >= 0.6 is 0 Å². The maximum atomic E-state index is 13.6. The monoisotopic (exact) mass is 281 g/mol. The van der Waals surface area contributed by atoms with Crippen LogP contribution in [-0.4, -0.2) is 13.4 Å². The van der Waals surface area contributed by atoms with Crippen LogP contribution < -0.4 is 10.5 Å². The number of aromatic nitrogens is 1. The molecule has 0 saturated heterocycles. The summed E-state index contributed by atoms with van der Waals surface area (Å²) in [7, 11) is -4.10. The van der Waals surface area contributed by atoms with Gasteiger partial charge in [-0.3, -0.25) is 4.72 Å². The van der Waals surface area contributed by atoms with Crippen molar-refractivity contribution in [1.82, 2.24) is 4.98 Å². The molecule has 19 heavy (non-hydrogen) atoms. The number of hydrogen-bond acceptors (Lipinski definition) is 4. The highest BCUT2D eigenvalue weighted by atomic mass is 32.2. The lowest BCUT2D eigenvalue weighted by atomic mass is 10.3. The number of sulfonamides is 1. The van der Waals surface area contributed by atoms with Crippen molar-refractivity contribution in [2.24, 2.45) is 0 Å². The van der Waals surface area contributed by atoms with Gasteiger partial charge >= 0.3 is 0 Å². The van der Waals surface area contributed by atoms with Crippen LogP contribution in [0.15, 0.2) is 41.4 Å². The van der Waals surface area contributed by atoms with Gasteiger partial charge in [-0.1, -0.05) is 12.1 Å². The van der Waals surface area contributed by atoms with E-state index in [0.29, 0.717) is 0 Å². The molecule has 7 heteroatoms. The van der Waals surface area contributed by atoms with E-state index in [2.05, 4.69) is 9.71 Å². The summed E-state index contributed by atoms with van der Waals surface area (Å²) < 4.78 is 39.9. The average Bonchev–Trinajstić information content (AvgIpc) is 2.31. The molecule has 3 N–H and O–H groups in total. The van der Waals surface area contributed by atoms with Gasteiger partial charge in [-0.15, -0.1) is 0 Å². The molecule has 1 aromatic heterocycles. The quantitative estimate of drug-likeness (QED) is 0.842. The molecule has 0 fully saturated rings. The lowest BCUT2D eigenvalue weighted by Crippen LogP contribution is -2.17. The number of rotatable bonds is 3. The van der Waals surface area contributed by atoms with Crippen molar-refractivity contribution in [3.05, 3.63) is 47.9 Å². The standard InChI is InChI=1S/C12H12FN3O2S/c1-8-5-6-11(15-7-8)16-19(17,18)12-9(13)3-2-4-10(12)14/h2-7H,14H2,1H3,(H,15,16). The Hall–Kier alpha value is -2.15. The first-order chi connectivity index (χ1) is 8.90. The summed E-state index contributed by atoms with van der Waals surface area (Å²) in [6.07, 6.45) is 1.50. The number of aryl methyl sites for hydroxylation is 1. The number of nitrogen functional groups attached to an aromatic ring is 1. The Labute approximate surface area is 110 Å². The predicted octanol–water partition coefficient (Wildman–Crippen LogP) is 1.91. The summed E-state index contributed by atoms with van der Waals surface area (Å²) in [6.45, 7) is 1.82. The number of hydrogen-bond donors (Lipinski definition) is 2. The molecule has 0 amide bonds. The number of nitrogens with zero attached hydrogens (tertiary/aromatic N) is 1. The molecule has 0 unspecified atom stereocenters. The second-order valence-corrected chi connectivity index (χ2v) is 5.60. The number of halogens is 1. The van der Waals surface area contributed by atoms with E-state index >= 15 is 0 Å². The lowest BCUT2D eigenvalue weighted by molar-refractivity contribution is 0.571. The summed E-state index contributed by atoms with van der Waals surface area (Å²) in [4.78, 5) is 3.32. The van der Waals surface area contributed by atoms with Gasteiger partial charge in [0.05, 0.1) is 5.69 Å². The molecule has 2 rings (SSSR count). The Morgan fingerprint density at radius 2 is 2.00 bits per heavy atom. The molecule has 0 atom stereocenters. The Balaban J connectivity index is 2.41. The normalized spacial score (nSPS) is 11.3. The molecule has 0 aliphatic heterocycles. The Morgan fingerprint density at radius 1 is 1.26 bits per heavy atom. The molecular weight excluding hydrogens is 269 g/mol. The van der Waals surface area contributed by atoms with Gasteiger partial charge in [0, 0.05) is 6.20 Å². The first kappa shape index (κ1) is 13.3. The van der Waals surface area contributed by atoms with Gasteiger partial charge in [0.1, 0.15) is 16.5 Å². The third-order valence-electron chi connectivity index (χ3n) is 2.42. The van der Waals surface area contributed by atoms with Crippen molar-refractivity contribution in [3.63, 3.8) is 0 Å². The van der Waals surface area contributed by atoms with Gasteiger partial charge in [-0.2, -0.15) is 0 Å². The van der Waals surface area contributed by atoms with E-state index in [0.717, 1.165) is 11.6 Å². The fourth-order valence-corrected chi connectivity index (χ4v) is 2.73. The molecule has 0 aliphatic carbocycles. The zero-order chi connectivity index (χ0) is 14.0. The van der Waals surface area contributed by atoms with Crippen LogP contribution in [0.1, 0.15) is 5.56 Å². The minimum atomic E-state index is -4.10. The second kappa shape index (κ2) is 4.85. The molecule has 0 bridgehead atoms. The van der Waals surface area contributed by atoms with Crippen molar-refractivity contribution < 1.29 is 12.8 Å². The van der Waals surface area contributed by atoms with E-state index in [4.69, 9.17) is 5.73 Å².